The van der Waals surface area contributed by atoms with Crippen LogP contribution in [-0.4, -0.2) is 41.5 Å². The number of benzene rings is 2. The first-order chi connectivity index (χ1) is 20.0. The Labute approximate surface area is 243 Å². The maximum atomic E-state index is 15.7. The topological polar surface area (TPSA) is 127 Å². The number of carbonyl (C=O) groups is 2. The molecule has 0 bridgehead atoms. The normalized spacial score (nSPS) is 15.6. The van der Waals surface area contributed by atoms with E-state index in [4.69, 9.17) is 11.5 Å². The van der Waals surface area contributed by atoms with Gasteiger partial charge in [-0.2, -0.15) is 0 Å². The SMILES string of the molecule is Cc1ccc(C(N)=CC(=Nc2ccc(N3CCCC(F)(F)C3)cn2)C(N)=O)c(F)c1NC(=O)c1cc2ccccc2s1. The van der Waals surface area contributed by atoms with Crippen LogP contribution in [0, 0.1) is 12.7 Å². The number of primary amides is 1. The number of nitrogens with one attached hydrogen (secondary N) is 1. The zero-order valence-corrected chi connectivity index (χ0v) is 23.4. The number of amides is 2. The number of hydrogen-bond acceptors (Lipinski definition) is 7. The molecule has 2 amide bonds. The van der Waals surface area contributed by atoms with Crippen LogP contribution in [-0.2, 0) is 4.79 Å². The van der Waals surface area contributed by atoms with Gasteiger partial charge in [0.15, 0.2) is 11.6 Å². The Morgan fingerprint density at radius 2 is 1.93 bits per heavy atom. The summed E-state index contributed by atoms with van der Waals surface area (Å²) in [6.45, 7) is 1.71. The molecular weight excluding hydrogens is 565 g/mol. The average Bonchev–Trinajstić information content (AvgIpc) is 3.39. The van der Waals surface area contributed by atoms with Crippen molar-refractivity contribution in [1.82, 2.24) is 4.98 Å². The lowest BCUT2D eigenvalue weighted by Gasteiger charge is -2.33. The minimum absolute atomic E-state index is 0.0515. The van der Waals surface area contributed by atoms with E-state index in [9.17, 15) is 18.4 Å². The molecule has 12 heteroatoms. The zero-order valence-electron chi connectivity index (χ0n) is 22.5. The summed E-state index contributed by atoms with van der Waals surface area (Å²) in [7, 11) is 0. The van der Waals surface area contributed by atoms with Gasteiger partial charge in [0, 0.05) is 28.9 Å². The Balaban J connectivity index is 1.38. The van der Waals surface area contributed by atoms with E-state index in [0.29, 0.717) is 29.1 Å². The molecule has 2 aromatic carbocycles. The number of thiophene rings is 1. The summed E-state index contributed by atoms with van der Waals surface area (Å²) in [4.78, 5) is 35.4. The van der Waals surface area contributed by atoms with Crippen LogP contribution in [0.4, 0.5) is 30.4 Å². The molecule has 1 fully saturated rings. The Morgan fingerprint density at radius 1 is 1.14 bits per heavy atom. The summed E-state index contributed by atoms with van der Waals surface area (Å²) in [5.74, 6) is -4.89. The number of nitrogens with two attached hydrogens (primary N) is 2. The molecule has 3 heterocycles. The molecule has 1 saturated heterocycles. The number of piperidine rings is 1. The van der Waals surface area contributed by atoms with Crippen molar-refractivity contribution in [1.29, 1.82) is 0 Å². The van der Waals surface area contributed by atoms with Crippen LogP contribution in [0.5, 0.6) is 0 Å². The highest BCUT2D eigenvalue weighted by molar-refractivity contribution is 7.20. The minimum atomic E-state index is -2.77. The Hall–Kier alpha value is -4.71. The number of rotatable bonds is 7. The van der Waals surface area contributed by atoms with Crippen molar-refractivity contribution < 1.29 is 22.8 Å². The third-order valence-corrected chi connectivity index (χ3v) is 7.93. The van der Waals surface area contributed by atoms with E-state index in [1.165, 1.54) is 34.6 Å². The molecule has 0 unspecified atom stereocenters. The van der Waals surface area contributed by atoms with Crippen molar-refractivity contribution in [2.45, 2.75) is 25.7 Å². The van der Waals surface area contributed by atoms with Gasteiger partial charge in [-0.3, -0.25) is 9.59 Å². The number of carbonyl (C=O) groups excluding carboxylic acids is 2. The summed E-state index contributed by atoms with van der Waals surface area (Å²) in [6, 6.07) is 15.3. The van der Waals surface area contributed by atoms with Crippen LogP contribution in [0.25, 0.3) is 15.8 Å². The van der Waals surface area contributed by atoms with Crippen LogP contribution in [0.15, 0.2) is 71.9 Å². The highest BCUT2D eigenvalue weighted by Gasteiger charge is 2.35. The fourth-order valence-electron chi connectivity index (χ4n) is 4.64. The van der Waals surface area contributed by atoms with Gasteiger partial charge >= 0.3 is 0 Å². The maximum Gasteiger partial charge on any atom is 0.267 e. The van der Waals surface area contributed by atoms with Crippen molar-refractivity contribution in [3.63, 3.8) is 0 Å². The third-order valence-electron chi connectivity index (χ3n) is 6.82. The number of hydrogen-bond donors (Lipinski definition) is 3. The fourth-order valence-corrected chi connectivity index (χ4v) is 5.60. The van der Waals surface area contributed by atoms with E-state index >= 15 is 4.39 Å². The summed E-state index contributed by atoms with van der Waals surface area (Å²) in [5, 5.41) is 3.54. The highest BCUT2D eigenvalue weighted by atomic mass is 32.1. The summed E-state index contributed by atoms with van der Waals surface area (Å²) in [6.07, 6.45) is 2.71. The molecule has 1 aliphatic heterocycles. The number of alkyl halides is 2. The lowest BCUT2D eigenvalue weighted by Crippen LogP contribution is -2.42. The van der Waals surface area contributed by atoms with E-state index in [-0.39, 0.29) is 34.9 Å². The van der Waals surface area contributed by atoms with Crippen LogP contribution in [0.3, 0.4) is 0 Å². The van der Waals surface area contributed by atoms with Gasteiger partial charge in [-0.25, -0.2) is 23.1 Å². The number of aliphatic imine (C=N–C) groups is 1. The number of nitrogens with zero attached hydrogens (tertiary/aromatic N) is 3. The molecule has 5 N–H and O–H groups in total. The van der Waals surface area contributed by atoms with Crippen molar-refractivity contribution in [3.05, 3.63) is 88.7 Å². The molecule has 4 aromatic rings. The second-order valence-electron chi connectivity index (χ2n) is 9.94. The first kappa shape index (κ1) is 28.8. The molecule has 1 aliphatic rings. The molecule has 0 saturated carbocycles. The fraction of sp³-hybridized carbons (Fsp3) is 0.200. The third kappa shape index (κ3) is 6.28. The quantitative estimate of drug-likeness (QED) is 0.234. The van der Waals surface area contributed by atoms with Crippen molar-refractivity contribution >= 4 is 61.8 Å². The number of aromatic nitrogens is 1. The maximum absolute atomic E-state index is 15.7. The number of pyridine rings is 1. The van der Waals surface area contributed by atoms with Crippen LogP contribution >= 0.6 is 11.3 Å². The summed E-state index contributed by atoms with van der Waals surface area (Å²) in [5.41, 5.74) is 12.1. The Kier molecular flexibility index (Phi) is 7.99. The van der Waals surface area contributed by atoms with E-state index in [1.807, 2.05) is 24.3 Å². The standard InChI is InChI=1S/C30H27F3N6O2S/c1-17-7-9-20(26(31)27(17)38-29(41)24-13-18-5-2-3-6-23(18)42-24)21(34)14-22(28(35)40)37-25-10-8-19(15-36-25)39-12-4-11-30(32,33)16-39/h2-3,5-10,13-15H,4,11-12,16,34H2,1H3,(H2,35,40)(H,38,41). The number of fused-ring (bicyclic) bond motifs is 1. The summed E-state index contributed by atoms with van der Waals surface area (Å²) >= 11 is 1.29. The molecule has 8 nitrogen and oxygen atoms in total. The molecule has 216 valence electrons. The van der Waals surface area contributed by atoms with Gasteiger partial charge in [-0.1, -0.05) is 24.3 Å². The second kappa shape index (κ2) is 11.6. The van der Waals surface area contributed by atoms with Crippen LogP contribution < -0.4 is 21.7 Å². The number of aryl methyl sites for hydroxylation is 1. The van der Waals surface area contributed by atoms with Crippen LogP contribution in [0.1, 0.15) is 33.6 Å². The van der Waals surface area contributed by atoms with Gasteiger partial charge in [0.05, 0.1) is 29.0 Å². The molecule has 42 heavy (non-hydrogen) atoms. The second-order valence-corrected chi connectivity index (χ2v) is 11.0. The molecule has 5 rings (SSSR count). The molecule has 0 aliphatic carbocycles. The first-order valence-corrected chi connectivity index (χ1v) is 13.9. The molecule has 0 radical (unpaired) electrons. The largest absolute Gasteiger partial charge is 0.398 e. The van der Waals surface area contributed by atoms with Gasteiger partial charge in [-0.15, -0.1) is 11.3 Å². The predicted molar refractivity (Wildman–Crippen MR) is 160 cm³/mol. The van der Waals surface area contributed by atoms with Gasteiger partial charge < -0.3 is 21.7 Å². The predicted octanol–water partition coefficient (Wildman–Crippen LogP) is 5.79. The lowest BCUT2D eigenvalue weighted by atomic mass is 10.0. The molecule has 0 spiro atoms. The summed E-state index contributed by atoms with van der Waals surface area (Å²) < 4.78 is 44.2. The van der Waals surface area contributed by atoms with E-state index in [2.05, 4.69) is 15.3 Å². The van der Waals surface area contributed by atoms with E-state index in [0.717, 1.165) is 16.2 Å². The lowest BCUT2D eigenvalue weighted by molar-refractivity contribution is -0.111. The van der Waals surface area contributed by atoms with Gasteiger partial charge in [0.1, 0.15) is 5.71 Å². The van der Waals surface area contributed by atoms with E-state index < -0.39 is 30.1 Å². The van der Waals surface area contributed by atoms with E-state index in [1.54, 1.807) is 25.1 Å². The van der Waals surface area contributed by atoms with Crippen molar-refractivity contribution in [3.8, 4) is 0 Å². The average molecular weight is 593 g/mol. The zero-order chi connectivity index (χ0) is 30.0. The molecular formula is C30H27F3N6O2S. The van der Waals surface area contributed by atoms with Gasteiger partial charge in [-0.05, 0) is 60.7 Å². The highest BCUT2D eigenvalue weighted by Crippen LogP contribution is 2.31. The Morgan fingerprint density at radius 3 is 2.62 bits per heavy atom. The number of anilines is 2. The van der Waals surface area contributed by atoms with Crippen LogP contribution in [0.2, 0.25) is 0 Å². The number of halogens is 3. The van der Waals surface area contributed by atoms with Crippen molar-refractivity contribution in [2.24, 2.45) is 16.5 Å². The van der Waals surface area contributed by atoms with Crippen molar-refractivity contribution in [2.75, 3.05) is 23.3 Å². The van der Waals surface area contributed by atoms with Gasteiger partial charge in [0.25, 0.3) is 17.7 Å². The minimum Gasteiger partial charge on any atom is -0.398 e. The monoisotopic (exact) mass is 592 g/mol. The van der Waals surface area contributed by atoms with Gasteiger partial charge in [0.2, 0.25) is 0 Å². The Bertz CT molecular complexity index is 1700. The molecule has 0 atom stereocenters. The smallest absolute Gasteiger partial charge is 0.267 e. The first-order valence-electron chi connectivity index (χ1n) is 13.0. The molecule has 2 aromatic heterocycles.